The van der Waals surface area contributed by atoms with Crippen LogP contribution in [0.4, 0.5) is 0 Å². The predicted molar refractivity (Wildman–Crippen MR) is 113 cm³/mol. The summed E-state index contributed by atoms with van der Waals surface area (Å²) in [7, 11) is 0. The van der Waals surface area contributed by atoms with Gasteiger partial charge >= 0.3 is 0 Å². The molecule has 0 saturated carbocycles. The van der Waals surface area contributed by atoms with Gasteiger partial charge in [-0.2, -0.15) is 5.26 Å². The Balaban J connectivity index is 1.74. The summed E-state index contributed by atoms with van der Waals surface area (Å²) in [5.74, 6) is 0.330. The van der Waals surface area contributed by atoms with Gasteiger partial charge in [0.05, 0.1) is 5.56 Å². The monoisotopic (exact) mass is 384 g/mol. The van der Waals surface area contributed by atoms with Gasteiger partial charge in [-0.15, -0.1) is 0 Å². The lowest BCUT2D eigenvalue weighted by Gasteiger charge is -2.26. The molecule has 1 atom stereocenters. The highest BCUT2D eigenvalue weighted by atomic mass is 16.5. The highest BCUT2D eigenvalue weighted by molar-refractivity contribution is 5.81. The summed E-state index contributed by atoms with van der Waals surface area (Å²) in [6.07, 6.45) is 0.0740. The lowest BCUT2D eigenvalue weighted by molar-refractivity contribution is -0.138. The normalized spacial score (nSPS) is 11.3. The third-order valence-corrected chi connectivity index (χ3v) is 4.70. The second-order valence-electron chi connectivity index (χ2n) is 6.85. The van der Waals surface area contributed by atoms with Crippen LogP contribution in [0.5, 0.6) is 5.75 Å². The van der Waals surface area contributed by atoms with Crippen molar-refractivity contribution in [3.8, 4) is 11.8 Å². The minimum Gasteiger partial charge on any atom is -0.480 e. The van der Waals surface area contributed by atoms with Crippen molar-refractivity contribution in [1.82, 2.24) is 4.90 Å². The quantitative estimate of drug-likeness (QED) is 0.570. The van der Waals surface area contributed by atoms with Gasteiger partial charge in [0, 0.05) is 13.1 Å². The number of carbonyl (C=O) groups is 1. The molecule has 0 saturated heterocycles. The average molecular weight is 384 g/mol. The molecule has 0 heterocycles. The van der Waals surface area contributed by atoms with Gasteiger partial charge in [-0.05, 0) is 36.6 Å². The van der Waals surface area contributed by atoms with Crippen LogP contribution in [0.25, 0.3) is 0 Å². The van der Waals surface area contributed by atoms with Crippen molar-refractivity contribution in [3.63, 3.8) is 0 Å². The number of nitrogens with zero attached hydrogens (tertiary/aromatic N) is 2. The van der Waals surface area contributed by atoms with Crippen LogP contribution in [-0.4, -0.2) is 23.5 Å². The molecule has 0 radical (unpaired) electrons. The largest absolute Gasteiger partial charge is 0.480 e. The predicted octanol–water partition coefficient (Wildman–Crippen LogP) is 4.60. The van der Waals surface area contributed by atoms with Gasteiger partial charge in [-0.3, -0.25) is 4.79 Å². The highest BCUT2D eigenvalue weighted by Gasteiger charge is 2.23. The van der Waals surface area contributed by atoms with Gasteiger partial charge in [0.25, 0.3) is 5.91 Å². The molecule has 0 aliphatic heterocycles. The molecular formula is C25H24N2O2. The lowest BCUT2D eigenvalue weighted by Crippen LogP contribution is -2.41. The number of carbonyl (C=O) groups excluding carboxylic acids is 1. The van der Waals surface area contributed by atoms with E-state index in [1.807, 2.05) is 53.4 Å². The maximum Gasteiger partial charge on any atom is 0.263 e. The summed E-state index contributed by atoms with van der Waals surface area (Å²) in [5, 5.41) is 9.26. The molecule has 1 amide bonds. The van der Waals surface area contributed by atoms with Crippen LogP contribution >= 0.6 is 0 Å². The molecule has 0 bridgehead atoms. The number of hydrogen-bond donors (Lipinski definition) is 0. The van der Waals surface area contributed by atoms with E-state index in [4.69, 9.17) is 4.74 Å². The summed E-state index contributed by atoms with van der Waals surface area (Å²) in [4.78, 5) is 15.0. The van der Waals surface area contributed by atoms with Crippen LogP contribution in [-0.2, 0) is 17.8 Å². The fraction of sp³-hybridized carbons (Fsp3) is 0.200. The molecule has 0 aliphatic carbocycles. The molecule has 0 N–H and O–H groups in total. The van der Waals surface area contributed by atoms with E-state index in [1.165, 1.54) is 5.56 Å². The Bertz CT molecular complexity index is 965. The zero-order chi connectivity index (χ0) is 20.5. The smallest absolute Gasteiger partial charge is 0.263 e. The fourth-order valence-corrected chi connectivity index (χ4v) is 3.14. The number of ether oxygens (including phenoxy) is 1. The lowest BCUT2D eigenvalue weighted by atomic mass is 10.1. The third-order valence-electron chi connectivity index (χ3n) is 4.70. The van der Waals surface area contributed by atoms with E-state index in [1.54, 1.807) is 31.2 Å². The van der Waals surface area contributed by atoms with E-state index in [9.17, 15) is 10.1 Å². The Morgan fingerprint density at radius 2 is 1.52 bits per heavy atom. The zero-order valence-electron chi connectivity index (χ0n) is 16.5. The van der Waals surface area contributed by atoms with Gasteiger partial charge < -0.3 is 9.64 Å². The van der Waals surface area contributed by atoms with Gasteiger partial charge in [0.15, 0.2) is 6.10 Å². The second-order valence-corrected chi connectivity index (χ2v) is 6.85. The van der Waals surface area contributed by atoms with E-state index in [-0.39, 0.29) is 5.91 Å². The molecule has 4 heteroatoms. The number of hydrogen-bond acceptors (Lipinski definition) is 3. The first-order valence-electron chi connectivity index (χ1n) is 9.70. The molecule has 0 spiro atoms. The first kappa shape index (κ1) is 20.2. The number of rotatable bonds is 8. The first-order valence-corrected chi connectivity index (χ1v) is 9.70. The second kappa shape index (κ2) is 10.1. The van der Waals surface area contributed by atoms with E-state index in [0.29, 0.717) is 24.4 Å². The molecule has 3 rings (SSSR count). The van der Waals surface area contributed by atoms with Crippen LogP contribution in [0.2, 0.25) is 0 Å². The molecule has 29 heavy (non-hydrogen) atoms. The third kappa shape index (κ3) is 5.70. The standard InChI is InChI=1S/C25H24N2O2/c1-20(29-24-15-9-8-14-23(24)18-26)25(28)27(19-22-12-6-3-7-13-22)17-16-21-10-4-2-5-11-21/h2-15,20H,16-17,19H2,1H3/t20-/m1/s1. The van der Waals surface area contributed by atoms with Crippen molar-refractivity contribution in [3.05, 3.63) is 102 Å². The number of benzene rings is 3. The minimum absolute atomic E-state index is 0.0995. The Morgan fingerprint density at radius 3 is 2.17 bits per heavy atom. The van der Waals surface area contributed by atoms with Crippen LogP contribution in [0.3, 0.4) is 0 Å². The highest BCUT2D eigenvalue weighted by Crippen LogP contribution is 2.19. The summed E-state index contributed by atoms with van der Waals surface area (Å²) in [5.41, 5.74) is 2.67. The van der Waals surface area contributed by atoms with E-state index < -0.39 is 6.10 Å². The molecule has 4 nitrogen and oxygen atoms in total. The van der Waals surface area contributed by atoms with Crippen molar-refractivity contribution in [1.29, 1.82) is 5.26 Å². The van der Waals surface area contributed by atoms with Crippen molar-refractivity contribution in [2.24, 2.45) is 0 Å². The molecular weight excluding hydrogens is 360 g/mol. The van der Waals surface area contributed by atoms with Crippen LogP contribution < -0.4 is 4.74 Å². The molecule has 146 valence electrons. The summed E-state index contributed by atoms with van der Waals surface area (Å²) in [6, 6.07) is 29.1. The fourth-order valence-electron chi connectivity index (χ4n) is 3.14. The zero-order valence-corrected chi connectivity index (χ0v) is 16.5. The van der Waals surface area contributed by atoms with Gasteiger partial charge in [-0.25, -0.2) is 0 Å². The molecule has 0 aromatic heterocycles. The SMILES string of the molecule is C[C@@H](Oc1ccccc1C#N)C(=O)N(CCc1ccccc1)Cc1ccccc1. The van der Waals surface area contributed by atoms with Crippen molar-refractivity contribution in [2.45, 2.75) is 26.0 Å². The summed E-state index contributed by atoms with van der Waals surface area (Å²) < 4.78 is 5.86. The van der Waals surface area contributed by atoms with E-state index in [0.717, 1.165) is 12.0 Å². The Labute approximate surface area is 172 Å². The van der Waals surface area contributed by atoms with Gasteiger partial charge in [-0.1, -0.05) is 72.8 Å². The van der Waals surface area contributed by atoms with E-state index in [2.05, 4.69) is 18.2 Å². The summed E-state index contributed by atoms with van der Waals surface area (Å²) >= 11 is 0. The topological polar surface area (TPSA) is 53.3 Å². The maximum atomic E-state index is 13.2. The minimum atomic E-state index is -0.691. The number of nitriles is 1. The Hall–Kier alpha value is -3.58. The average Bonchev–Trinajstić information content (AvgIpc) is 2.78. The van der Waals surface area contributed by atoms with Crippen molar-refractivity contribution < 1.29 is 9.53 Å². The molecule has 3 aromatic rings. The number of para-hydroxylation sites is 1. The summed E-state index contributed by atoms with van der Waals surface area (Å²) in [6.45, 7) is 2.84. The van der Waals surface area contributed by atoms with Crippen molar-refractivity contribution in [2.75, 3.05) is 6.54 Å². The first-order chi connectivity index (χ1) is 14.2. The Morgan fingerprint density at radius 1 is 0.931 bits per heavy atom. The van der Waals surface area contributed by atoms with Crippen molar-refractivity contribution >= 4 is 5.91 Å². The van der Waals surface area contributed by atoms with Gasteiger partial charge in [0.2, 0.25) is 0 Å². The maximum absolute atomic E-state index is 13.2. The molecule has 0 aliphatic rings. The number of amides is 1. The molecule has 0 fully saturated rings. The van der Waals surface area contributed by atoms with Crippen LogP contribution in [0.1, 0.15) is 23.6 Å². The van der Waals surface area contributed by atoms with Gasteiger partial charge in [0.1, 0.15) is 11.8 Å². The Kier molecular flexibility index (Phi) is 7.02. The molecule has 3 aromatic carbocycles. The van der Waals surface area contributed by atoms with Crippen LogP contribution in [0.15, 0.2) is 84.9 Å². The van der Waals surface area contributed by atoms with Crippen LogP contribution in [0, 0.1) is 11.3 Å². The molecule has 0 unspecified atom stereocenters. The van der Waals surface area contributed by atoms with E-state index >= 15 is 0 Å².